The van der Waals surface area contributed by atoms with Crippen LogP contribution in [0, 0.1) is 12.7 Å². The summed E-state index contributed by atoms with van der Waals surface area (Å²) in [6.07, 6.45) is 0. The number of halogens is 2. The number of ether oxygens (including phenoxy) is 1. The van der Waals surface area contributed by atoms with Crippen molar-refractivity contribution >= 4 is 34.0 Å². The lowest BCUT2D eigenvalue weighted by molar-refractivity contribution is 0.0594. The SMILES string of the molecule is COC(=O)c1nc(NCc2ccc(F)c(Cl)c2)sc1C. The molecule has 0 amide bonds. The zero-order valence-corrected chi connectivity index (χ0v) is 12.4. The Morgan fingerprint density at radius 2 is 2.30 bits per heavy atom. The van der Waals surface area contributed by atoms with Crippen molar-refractivity contribution in [2.45, 2.75) is 13.5 Å². The number of benzene rings is 1. The summed E-state index contributed by atoms with van der Waals surface area (Å²) in [5.74, 6) is -0.912. The summed E-state index contributed by atoms with van der Waals surface area (Å²) < 4.78 is 17.7. The van der Waals surface area contributed by atoms with E-state index in [4.69, 9.17) is 11.6 Å². The summed E-state index contributed by atoms with van der Waals surface area (Å²) in [6.45, 7) is 2.23. The highest BCUT2D eigenvalue weighted by Gasteiger charge is 2.15. The first-order chi connectivity index (χ1) is 9.51. The van der Waals surface area contributed by atoms with Gasteiger partial charge in [-0.15, -0.1) is 11.3 Å². The van der Waals surface area contributed by atoms with Gasteiger partial charge < -0.3 is 10.1 Å². The minimum absolute atomic E-state index is 0.0786. The van der Waals surface area contributed by atoms with Crippen molar-refractivity contribution in [2.24, 2.45) is 0 Å². The molecule has 1 N–H and O–H groups in total. The Kier molecular flexibility index (Phi) is 4.57. The van der Waals surface area contributed by atoms with Gasteiger partial charge in [-0.25, -0.2) is 14.2 Å². The Bertz CT molecular complexity index is 645. The highest BCUT2D eigenvalue weighted by atomic mass is 35.5. The van der Waals surface area contributed by atoms with E-state index in [1.807, 2.05) is 0 Å². The first-order valence-corrected chi connectivity index (χ1v) is 6.94. The van der Waals surface area contributed by atoms with Gasteiger partial charge in [-0.3, -0.25) is 0 Å². The van der Waals surface area contributed by atoms with Gasteiger partial charge in [-0.1, -0.05) is 17.7 Å². The number of aryl methyl sites for hydroxylation is 1. The molecule has 2 aromatic rings. The summed E-state index contributed by atoms with van der Waals surface area (Å²) in [5.41, 5.74) is 1.13. The van der Waals surface area contributed by atoms with E-state index < -0.39 is 11.8 Å². The van der Waals surface area contributed by atoms with E-state index in [1.54, 1.807) is 19.1 Å². The van der Waals surface area contributed by atoms with Crippen LogP contribution in [-0.2, 0) is 11.3 Å². The van der Waals surface area contributed by atoms with E-state index in [1.165, 1.54) is 24.5 Å². The van der Waals surface area contributed by atoms with Crippen LogP contribution in [0.5, 0.6) is 0 Å². The highest BCUT2D eigenvalue weighted by Crippen LogP contribution is 2.23. The zero-order valence-electron chi connectivity index (χ0n) is 10.9. The van der Waals surface area contributed by atoms with Crippen LogP contribution < -0.4 is 5.32 Å². The average Bonchev–Trinajstić information content (AvgIpc) is 2.80. The van der Waals surface area contributed by atoms with E-state index in [0.29, 0.717) is 17.4 Å². The molecule has 0 aliphatic carbocycles. The Morgan fingerprint density at radius 1 is 1.55 bits per heavy atom. The average molecular weight is 315 g/mol. The number of esters is 1. The second kappa shape index (κ2) is 6.19. The number of thiazole rings is 1. The van der Waals surface area contributed by atoms with Gasteiger partial charge in [0.2, 0.25) is 0 Å². The molecule has 0 unspecified atom stereocenters. The van der Waals surface area contributed by atoms with E-state index in [9.17, 15) is 9.18 Å². The highest BCUT2D eigenvalue weighted by molar-refractivity contribution is 7.15. The maximum absolute atomic E-state index is 13.0. The third-order valence-corrected chi connectivity index (χ3v) is 3.82. The number of carbonyl (C=O) groups excluding carboxylic acids is 1. The molecule has 0 saturated heterocycles. The molecule has 1 aromatic heterocycles. The van der Waals surface area contributed by atoms with Crippen LogP contribution in [0.1, 0.15) is 20.9 Å². The van der Waals surface area contributed by atoms with Gasteiger partial charge in [0.05, 0.1) is 12.1 Å². The number of methoxy groups -OCH3 is 1. The third-order valence-electron chi connectivity index (χ3n) is 2.60. The Morgan fingerprint density at radius 3 is 2.95 bits per heavy atom. The van der Waals surface area contributed by atoms with E-state index in [0.717, 1.165) is 10.4 Å². The predicted molar refractivity (Wildman–Crippen MR) is 76.9 cm³/mol. The van der Waals surface area contributed by atoms with Crippen molar-refractivity contribution in [3.8, 4) is 0 Å². The normalized spacial score (nSPS) is 10.4. The van der Waals surface area contributed by atoms with Crippen LogP contribution in [0.3, 0.4) is 0 Å². The van der Waals surface area contributed by atoms with Gasteiger partial charge >= 0.3 is 5.97 Å². The Balaban J connectivity index is 2.07. The summed E-state index contributed by atoms with van der Waals surface area (Å²) in [5, 5.41) is 3.75. The number of carbonyl (C=O) groups is 1. The van der Waals surface area contributed by atoms with Crippen LogP contribution >= 0.6 is 22.9 Å². The van der Waals surface area contributed by atoms with Crippen LogP contribution in [-0.4, -0.2) is 18.1 Å². The van der Waals surface area contributed by atoms with E-state index in [2.05, 4.69) is 15.0 Å². The number of anilines is 1. The van der Waals surface area contributed by atoms with Gasteiger partial charge in [-0.2, -0.15) is 0 Å². The van der Waals surface area contributed by atoms with Crippen molar-refractivity contribution in [1.82, 2.24) is 4.98 Å². The summed E-state index contributed by atoms with van der Waals surface area (Å²) in [6, 6.07) is 4.49. The molecule has 2 rings (SSSR count). The number of hydrogen-bond acceptors (Lipinski definition) is 5. The minimum Gasteiger partial charge on any atom is -0.464 e. The summed E-state index contributed by atoms with van der Waals surface area (Å²) >= 11 is 7.06. The topological polar surface area (TPSA) is 51.2 Å². The summed E-state index contributed by atoms with van der Waals surface area (Å²) in [4.78, 5) is 16.4. The first-order valence-electron chi connectivity index (χ1n) is 5.75. The maximum Gasteiger partial charge on any atom is 0.357 e. The molecule has 106 valence electrons. The lowest BCUT2D eigenvalue weighted by atomic mass is 10.2. The maximum atomic E-state index is 13.0. The Hall–Kier alpha value is -1.66. The number of nitrogens with one attached hydrogen (secondary N) is 1. The monoisotopic (exact) mass is 314 g/mol. The van der Waals surface area contributed by atoms with Crippen molar-refractivity contribution in [3.63, 3.8) is 0 Å². The second-order valence-corrected chi connectivity index (χ2v) is 5.63. The molecule has 0 aliphatic rings. The van der Waals surface area contributed by atoms with Gasteiger partial charge in [-0.05, 0) is 24.6 Å². The van der Waals surface area contributed by atoms with Crippen LogP contribution in [0.2, 0.25) is 5.02 Å². The van der Waals surface area contributed by atoms with Gasteiger partial charge in [0.1, 0.15) is 5.82 Å². The van der Waals surface area contributed by atoms with E-state index in [-0.39, 0.29) is 5.02 Å². The standard InChI is InChI=1S/C13H12ClFN2O2S/c1-7-11(12(18)19-2)17-13(20-7)16-6-8-3-4-10(15)9(14)5-8/h3-5H,6H2,1-2H3,(H,16,17). The quantitative estimate of drug-likeness (QED) is 0.875. The van der Waals surface area contributed by atoms with Crippen molar-refractivity contribution < 1.29 is 13.9 Å². The number of nitrogens with zero attached hydrogens (tertiary/aromatic N) is 1. The molecule has 0 bridgehead atoms. The largest absolute Gasteiger partial charge is 0.464 e. The smallest absolute Gasteiger partial charge is 0.357 e. The predicted octanol–water partition coefficient (Wildman–Crippen LogP) is 3.64. The van der Waals surface area contributed by atoms with Crippen LogP contribution in [0.15, 0.2) is 18.2 Å². The van der Waals surface area contributed by atoms with Crippen molar-refractivity contribution in [1.29, 1.82) is 0 Å². The molecular formula is C13H12ClFN2O2S. The fourth-order valence-electron chi connectivity index (χ4n) is 1.59. The fraction of sp³-hybridized carbons (Fsp3) is 0.231. The minimum atomic E-state index is -0.461. The van der Waals surface area contributed by atoms with E-state index >= 15 is 0 Å². The lowest BCUT2D eigenvalue weighted by Crippen LogP contribution is -2.04. The zero-order chi connectivity index (χ0) is 14.7. The lowest BCUT2D eigenvalue weighted by Gasteiger charge is -2.03. The van der Waals surface area contributed by atoms with Gasteiger partial charge in [0, 0.05) is 11.4 Å². The van der Waals surface area contributed by atoms with Gasteiger partial charge in [0.15, 0.2) is 10.8 Å². The third kappa shape index (κ3) is 3.26. The van der Waals surface area contributed by atoms with Crippen molar-refractivity contribution in [2.75, 3.05) is 12.4 Å². The number of rotatable bonds is 4. The Labute approximate surface area is 124 Å². The molecule has 0 aliphatic heterocycles. The fourth-order valence-corrected chi connectivity index (χ4v) is 2.59. The molecular weight excluding hydrogens is 303 g/mol. The van der Waals surface area contributed by atoms with Crippen molar-refractivity contribution in [3.05, 3.63) is 45.2 Å². The molecule has 7 heteroatoms. The molecule has 0 radical (unpaired) electrons. The number of hydrogen-bond donors (Lipinski definition) is 1. The number of aromatic nitrogens is 1. The molecule has 1 heterocycles. The molecule has 4 nitrogen and oxygen atoms in total. The van der Waals surface area contributed by atoms with Crippen LogP contribution in [0.25, 0.3) is 0 Å². The summed E-state index contributed by atoms with van der Waals surface area (Å²) in [7, 11) is 1.31. The first kappa shape index (κ1) is 14.7. The van der Waals surface area contributed by atoms with Crippen LogP contribution in [0.4, 0.5) is 9.52 Å². The second-order valence-electron chi connectivity index (χ2n) is 4.02. The molecule has 0 spiro atoms. The molecule has 0 atom stereocenters. The molecule has 20 heavy (non-hydrogen) atoms. The molecule has 0 fully saturated rings. The van der Waals surface area contributed by atoms with Gasteiger partial charge in [0.25, 0.3) is 0 Å². The molecule has 1 aromatic carbocycles. The molecule has 0 saturated carbocycles.